The molecule has 6 nitrogen and oxygen atoms in total. The van der Waals surface area contributed by atoms with Crippen LogP contribution in [0.5, 0.6) is 0 Å². The van der Waals surface area contributed by atoms with Crippen molar-refractivity contribution in [3.63, 3.8) is 0 Å². The van der Waals surface area contributed by atoms with Crippen molar-refractivity contribution in [2.24, 2.45) is 0 Å². The van der Waals surface area contributed by atoms with Crippen molar-refractivity contribution in [1.29, 1.82) is 0 Å². The van der Waals surface area contributed by atoms with E-state index < -0.39 is 6.10 Å². The molecule has 0 aromatic heterocycles. The van der Waals surface area contributed by atoms with Gasteiger partial charge < -0.3 is 14.2 Å². The summed E-state index contributed by atoms with van der Waals surface area (Å²) in [6.45, 7) is 6.45. The third-order valence-corrected chi connectivity index (χ3v) is 12.2. The molecule has 0 aromatic carbocycles. The normalized spacial score (nSPS) is 12.8. The topological polar surface area (TPSA) is 78.9 Å². The van der Waals surface area contributed by atoms with Crippen molar-refractivity contribution in [2.45, 2.75) is 271 Å². The maximum absolute atomic E-state index is 12.9. The van der Waals surface area contributed by atoms with E-state index in [0.29, 0.717) is 19.3 Å². The average Bonchev–Trinajstić information content (AvgIpc) is 3.35. The first-order valence-electron chi connectivity index (χ1n) is 28.8. The summed E-state index contributed by atoms with van der Waals surface area (Å²) in [7, 11) is 0. The minimum Gasteiger partial charge on any atom is -0.462 e. The first kappa shape index (κ1) is 65.3. The van der Waals surface area contributed by atoms with E-state index in [4.69, 9.17) is 14.2 Å². The van der Waals surface area contributed by atoms with Crippen LogP contribution in [0.1, 0.15) is 265 Å². The van der Waals surface area contributed by atoms with E-state index in [1.54, 1.807) is 0 Å². The Morgan fingerprint density at radius 1 is 0.304 bits per heavy atom. The molecule has 0 N–H and O–H groups in total. The first-order chi connectivity index (χ1) is 34.0. The molecule has 0 rings (SSSR count). The molecule has 0 bridgehead atoms. The molecular weight excluding hydrogens is 853 g/mol. The van der Waals surface area contributed by atoms with Crippen LogP contribution >= 0.6 is 0 Å². The lowest BCUT2D eigenvalue weighted by molar-refractivity contribution is -0.167. The number of esters is 3. The third-order valence-electron chi connectivity index (χ3n) is 12.2. The van der Waals surface area contributed by atoms with E-state index in [9.17, 15) is 14.4 Å². The Hall–Kier alpha value is -3.67. The molecule has 0 aromatic rings. The van der Waals surface area contributed by atoms with Gasteiger partial charge >= 0.3 is 17.9 Å². The predicted molar refractivity (Wildman–Crippen MR) is 297 cm³/mol. The van der Waals surface area contributed by atoms with E-state index in [1.807, 2.05) is 60.8 Å². The van der Waals surface area contributed by atoms with Gasteiger partial charge in [-0.25, -0.2) is 0 Å². The molecule has 0 heterocycles. The zero-order chi connectivity index (χ0) is 50.0. The number of carbonyl (C=O) groups is 3. The Morgan fingerprint density at radius 2 is 0.580 bits per heavy atom. The van der Waals surface area contributed by atoms with Crippen LogP contribution in [0.15, 0.2) is 97.2 Å². The Balaban J connectivity index is 4.48. The van der Waals surface area contributed by atoms with Gasteiger partial charge in [-0.3, -0.25) is 14.4 Å². The number of hydrogen-bond acceptors (Lipinski definition) is 6. The summed E-state index contributed by atoms with van der Waals surface area (Å²) in [6.07, 6.45) is 75.3. The molecule has 0 saturated heterocycles. The van der Waals surface area contributed by atoms with Crippen molar-refractivity contribution < 1.29 is 28.6 Å². The largest absolute Gasteiger partial charge is 0.462 e. The van der Waals surface area contributed by atoms with Crippen LogP contribution in [-0.2, 0) is 28.6 Å². The number of ether oxygens (including phenoxy) is 3. The third kappa shape index (κ3) is 55.1. The highest BCUT2D eigenvalue weighted by Gasteiger charge is 2.19. The van der Waals surface area contributed by atoms with Gasteiger partial charge in [0.2, 0.25) is 0 Å². The van der Waals surface area contributed by atoms with Crippen LogP contribution in [0.2, 0.25) is 0 Å². The summed E-state index contributed by atoms with van der Waals surface area (Å²) in [5.74, 6) is -0.946. The summed E-state index contributed by atoms with van der Waals surface area (Å²) in [4.78, 5) is 38.2. The molecule has 1 unspecified atom stereocenters. The van der Waals surface area contributed by atoms with E-state index in [-0.39, 0.29) is 31.1 Å². The highest BCUT2D eigenvalue weighted by molar-refractivity contribution is 5.71. The molecule has 0 amide bonds. The summed E-state index contributed by atoms with van der Waals surface area (Å²) in [5.41, 5.74) is 0. The minimum absolute atomic E-state index is 0.0962. The summed E-state index contributed by atoms with van der Waals surface area (Å²) in [6, 6.07) is 0. The molecule has 1 atom stereocenters. The van der Waals surface area contributed by atoms with Gasteiger partial charge in [-0.05, 0) is 89.9 Å². The van der Waals surface area contributed by atoms with Crippen molar-refractivity contribution >= 4 is 17.9 Å². The van der Waals surface area contributed by atoms with Gasteiger partial charge in [0.15, 0.2) is 6.10 Å². The van der Waals surface area contributed by atoms with Crippen molar-refractivity contribution in [2.75, 3.05) is 13.2 Å². The smallest absolute Gasteiger partial charge is 0.306 e. The highest BCUT2D eigenvalue weighted by Crippen LogP contribution is 2.15. The van der Waals surface area contributed by atoms with Crippen LogP contribution in [-0.4, -0.2) is 37.2 Å². The predicted octanol–water partition coefficient (Wildman–Crippen LogP) is 19.3. The molecule has 0 radical (unpaired) electrons. The molecule has 0 aliphatic heterocycles. The van der Waals surface area contributed by atoms with Gasteiger partial charge in [0.25, 0.3) is 0 Å². The van der Waals surface area contributed by atoms with Gasteiger partial charge in [-0.1, -0.05) is 253 Å². The van der Waals surface area contributed by atoms with Gasteiger partial charge in [0.1, 0.15) is 13.2 Å². The molecule has 0 spiro atoms. The molecule has 69 heavy (non-hydrogen) atoms. The lowest BCUT2D eigenvalue weighted by Crippen LogP contribution is -2.30. The number of hydrogen-bond donors (Lipinski definition) is 0. The average molecular weight is 960 g/mol. The Kier molecular flexibility index (Phi) is 53.9. The number of allylic oxidation sites excluding steroid dienone is 16. The van der Waals surface area contributed by atoms with Crippen LogP contribution in [0.25, 0.3) is 0 Å². The monoisotopic (exact) mass is 959 g/mol. The molecule has 0 aliphatic carbocycles. The second-order valence-corrected chi connectivity index (χ2v) is 19.0. The van der Waals surface area contributed by atoms with Crippen LogP contribution < -0.4 is 0 Å². The van der Waals surface area contributed by atoms with Gasteiger partial charge in [-0.2, -0.15) is 0 Å². The lowest BCUT2D eigenvalue weighted by atomic mass is 10.1. The Morgan fingerprint density at radius 3 is 0.942 bits per heavy atom. The van der Waals surface area contributed by atoms with Crippen molar-refractivity contribution in [3.8, 4) is 0 Å². The molecule has 0 aliphatic rings. The minimum atomic E-state index is -0.801. The van der Waals surface area contributed by atoms with E-state index in [0.717, 1.165) is 70.6 Å². The standard InChI is InChI=1S/C63H106O6/c1-4-7-10-13-16-19-22-25-28-31-34-37-40-43-46-49-52-55-61(64)67-58-60(69-63(66)57-54-51-48-45-42-39-36-33-30-27-24-21-18-15-12-9-6-3)59-68-62(65)56-53-50-47-44-41-38-35-32-29-26-23-20-17-14-11-8-5-2/h7,10,13,16,19,22,25-31,34,37,40,60H,4-6,8-9,11-12,14-15,17-18,20-21,23-24,32-33,35-36,38-39,41-59H2,1-3H3/b10-7-,16-13-,22-19-,28-25-,29-26-,30-27-,34-31+,40-37-. The quantitative estimate of drug-likeness (QED) is 0.0199. The maximum atomic E-state index is 12.9. The first-order valence-corrected chi connectivity index (χ1v) is 28.8. The van der Waals surface area contributed by atoms with E-state index in [2.05, 4.69) is 57.2 Å². The fourth-order valence-electron chi connectivity index (χ4n) is 7.88. The number of rotatable bonds is 51. The summed E-state index contributed by atoms with van der Waals surface area (Å²) < 4.78 is 16.8. The highest BCUT2D eigenvalue weighted by atomic mass is 16.6. The molecular formula is C63H106O6. The van der Waals surface area contributed by atoms with Crippen LogP contribution in [0.4, 0.5) is 0 Å². The van der Waals surface area contributed by atoms with Crippen molar-refractivity contribution in [3.05, 3.63) is 97.2 Å². The zero-order valence-electron chi connectivity index (χ0n) is 45.0. The van der Waals surface area contributed by atoms with Crippen LogP contribution in [0, 0.1) is 0 Å². The maximum Gasteiger partial charge on any atom is 0.306 e. The Bertz CT molecular complexity index is 1380. The van der Waals surface area contributed by atoms with Gasteiger partial charge in [0, 0.05) is 19.3 Å². The van der Waals surface area contributed by atoms with Crippen molar-refractivity contribution in [1.82, 2.24) is 0 Å². The summed E-state index contributed by atoms with van der Waals surface area (Å²) in [5, 5.41) is 0. The van der Waals surface area contributed by atoms with E-state index in [1.165, 1.54) is 154 Å². The molecule has 394 valence electrons. The fourth-order valence-corrected chi connectivity index (χ4v) is 7.88. The number of carbonyl (C=O) groups excluding carboxylic acids is 3. The Labute approximate surface area is 426 Å². The molecule has 6 heteroatoms. The second kappa shape index (κ2) is 56.9. The second-order valence-electron chi connectivity index (χ2n) is 19.0. The lowest BCUT2D eigenvalue weighted by Gasteiger charge is -2.18. The van der Waals surface area contributed by atoms with E-state index >= 15 is 0 Å². The molecule has 0 saturated carbocycles. The van der Waals surface area contributed by atoms with Gasteiger partial charge in [0.05, 0.1) is 0 Å². The SMILES string of the molecule is CC\C=C/C=C\C=C/C=C\C=C\C=C/CCCCCC(=O)OCC(COC(=O)CCCCCCCCC/C=C\CCCCCCCC)OC(=O)CCCCCCCCC/C=C\CCCCCCCC. The zero-order valence-corrected chi connectivity index (χ0v) is 45.0. The number of unbranched alkanes of at least 4 members (excludes halogenated alkanes) is 29. The van der Waals surface area contributed by atoms with Gasteiger partial charge in [-0.15, -0.1) is 0 Å². The summed E-state index contributed by atoms with van der Waals surface area (Å²) >= 11 is 0. The molecule has 0 fully saturated rings. The fraction of sp³-hybridized carbons (Fsp3) is 0.698. The van der Waals surface area contributed by atoms with Crippen LogP contribution in [0.3, 0.4) is 0 Å².